The fourth-order valence-corrected chi connectivity index (χ4v) is 7.31. The summed E-state index contributed by atoms with van der Waals surface area (Å²) in [7, 11) is 0. The molecule has 0 saturated heterocycles. The first kappa shape index (κ1) is 48.4. The number of carbonyl (C=O) groups is 1. The molecule has 0 aliphatic heterocycles. The molecule has 0 spiro atoms. The molecular weight excluding hydrogens is 602 g/mol. The lowest BCUT2D eigenvalue weighted by Crippen LogP contribution is -2.29. The van der Waals surface area contributed by atoms with E-state index in [0.29, 0.717) is 6.42 Å². The number of unbranched alkanes of at least 4 members (excludes halogenated alkanes) is 29. The number of hydrogen-bond acceptors (Lipinski definition) is 4. The third-order valence-electron chi connectivity index (χ3n) is 10.7. The first-order valence-corrected chi connectivity index (χ1v) is 22.7. The molecule has 0 bridgehead atoms. The number of hydrogen-bond donors (Lipinski definition) is 1. The summed E-state index contributed by atoms with van der Waals surface area (Å²) in [5, 5.41) is 9.56. The van der Waals surface area contributed by atoms with E-state index in [1.165, 1.54) is 199 Å². The molecule has 0 heterocycles. The number of ether oxygens (including phenoxy) is 1. The first-order valence-electron chi connectivity index (χ1n) is 22.7. The summed E-state index contributed by atoms with van der Waals surface area (Å²) in [5.74, 6) is 0.0369. The minimum atomic E-state index is 0.0369. The van der Waals surface area contributed by atoms with Crippen LogP contribution in [0.1, 0.15) is 252 Å². The van der Waals surface area contributed by atoms with Crippen LogP contribution in [0.15, 0.2) is 0 Å². The highest BCUT2D eigenvalue weighted by Crippen LogP contribution is 2.19. The predicted octanol–water partition coefficient (Wildman–Crippen LogP) is 14.3. The lowest BCUT2D eigenvalue weighted by Gasteiger charge is -2.21. The van der Waals surface area contributed by atoms with Crippen molar-refractivity contribution in [1.82, 2.24) is 4.90 Å². The highest BCUT2D eigenvalue weighted by molar-refractivity contribution is 5.69. The molecule has 0 atom stereocenters. The molecule has 0 aliphatic rings. The Morgan fingerprint density at radius 3 is 1.08 bits per heavy atom. The Morgan fingerprint density at radius 2 is 0.735 bits per heavy atom. The van der Waals surface area contributed by atoms with E-state index >= 15 is 0 Å². The van der Waals surface area contributed by atoms with Crippen LogP contribution in [-0.2, 0) is 9.53 Å². The van der Waals surface area contributed by atoms with Gasteiger partial charge in [0, 0.05) is 13.0 Å². The van der Waals surface area contributed by atoms with Crippen LogP contribution in [0.5, 0.6) is 0 Å². The maximum atomic E-state index is 12.7. The summed E-state index contributed by atoms with van der Waals surface area (Å²) < 4.78 is 6.03. The third-order valence-corrected chi connectivity index (χ3v) is 10.7. The van der Waals surface area contributed by atoms with Gasteiger partial charge in [-0.25, -0.2) is 0 Å². The average Bonchev–Trinajstić information content (AvgIpc) is 3.10. The van der Waals surface area contributed by atoms with E-state index < -0.39 is 0 Å². The zero-order chi connectivity index (χ0) is 35.7. The Labute approximate surface area is 309 Å². The van der Waals surface area contributed by atoms with Crippen LogP contribution in [0.4, 0.5) is 0 Å². The van der Waals surface area contributed by atoms with E-state index in [1.54, 1.807) is 0 Å². The molecule has 0 amide bonds. The van der Waals surface area contributed by atoms with Crippen molar-refractivity contribution in [2.24, 2.45) is 0 Å². The van der Waals surface area contributed by atoms with E-state index in [0.717, 1.165) is 45.3 Å². The standard InChI is InChI=1S/C45H91NO3/c1-4-7-10-13-16-17-18-19-20-21-22-23-24-25-30-35-40-46(42-43-47)41-36-31-26-29-34-39-45(48)49-44(37-32-27-14-11-8-5-2)38-33-28-15-12-9-6-3/h44,47H,4-43H2,1-3H3. The summed E-state index contributed by atoms with van der Waals surface area (Å²) >= 11 is 0. The Hall–Kier alpha value is -0.610. The van der Waals surface area contributed by atoms with E-state index in [9.17, 15) is 9.90 Å². The minimum absolute atomic E-state index is 0.0369. The van der Waals surface area contributed by atoms with Gasteiger partial charge in [0.05, 0.1) is 6.61 Å². The number of esters is 1. The van der Waals surface area contributed by atoms with Crippen LogP contribution in [0.3, 0.4) is 0 Å². The van der Waals surface area contributed by atoms with Gasteiger partial charge in [0.15, 0.2) is 0 Å². The van der Waals surface area contributed by atoms with Crippen molar-refractivity contribution >= 4 is 5.97 Å². The second-order valence-corrected chi connectivity index (χ2v) is 15.6. The molecule has 0 rings (SSSR count). The minimum Gasteiger partial charge on any atom is -0.462 e. The second-order valence-electron chi connectivity index (χ2n) is 15.6. The molecule has 0 unspecified atom stereocenters. The summed E-state index contributed by atoms with van der Waals surface area (Å²) in [6, 6.07) is 0. The first-order chi connectivity index (χ1) is 24.2. The molecular formula is C45H91NO3. The summed E-state index contributed by atoms with van der Waals surface area (Å²) in [4.78, 5) is 15.2. The SMILES string of the molecule is CCCCCCCCCCCCCCCCCCN(CCO)CCCCCCCC(=O)OC(CCCCCCCC)CCCCCCCC. The molecule has 0 aromatic heterocycles. The molecule has 0 saturated carbocycles. The quantitative estimate of drug-likeness (QED) is 0.0511. The van der Waals surface area contributed by atoms with Crippen LogP contribution in [-0.4, -0.2) is 48.3 Å². The number of nitrogens with zero attached hydrogens (tertiary/aromatic N) is 1. The monoisotopic (exact) mass is 694 g/mol. The van der Waals surface area contributed by atoms with Gasteiger partial charge in [-0.05, 0) is 58.0 Å². The fourth-order valence-electron chi connectivity index (χ4n) is 7.31. The van der Waals surface area contributed by atoms with Gasteiger partial charge in [0.25, 0.3) is 0 Å². The lowest BCUT2D eigenvalue weighted by atomic mass is 10.0. The van der Waals surface area contributed by atoms with Gasteiger partial charge in [-0.2, -0.15) is 0 Å². The van der Waals surface area contributed by atoms with Crippen molar-refractivity contribution in [3.05, 3.63) is 0 Å². The molecule has 49 heavy (non-hydrogen) atoms. The van der Waals surface area contributed by atoms with Gasteiger partial charge in [0.1, 0.15) is 6.10 Å². The Morgan fingerprint density at radius 1 is 0.429 bits per heavy atom. The summed E-state index contributed by atoms with van der Waals surface area (Å²) in [6.07, 6.45) is 46.6. The van der Waals surface area contributed by atoms with Crippen molar-refractivity contribution < 1.29 is 14.6 Å². The highest BCUT2D eigenvalue weighted by atomic mass is 16.5. The van der Waals surface area contributed by atoms with Crippen molar-refractivity contribution in [2.75, 3.05) is 26.2 Å². The van der Waals surface area contributed by atoms with Crippen molar-refractivity contribution in [1.29, 1.82) is 0 Å². The maximum Gasteiger partial charge on any atom is 0.306 e. The molecule has 294 valence electrons. The van der Waals surface area contributed by atoms with Gasteiger partial charge >= 0.3 is 5.97 Å². The van der Waals surface area contributed by atoms with Crippen molar-refractivity contribution in [2.45, 2.75) is 258 Å². The van der Waals surface area contributed by atoms with E-state index in [-0.39, 0.29) is 18.7 Å². The number of aliphatic hydroxyl groups is 1. The molecule has 4 heteroatoms. The van der Waals surface area contributed by atoms with Crippen LogP contribution in [0.25, 0.3) is 0 Å². The smallest absolute Gasteiger partial charge is 0.306 e. The van der Waals surface area contributed by atoms with E-state index in [1.807, 2.05) is 0 Å². The zero-order valence-corrected chi connectivity index (χ0v) is 34.1. The summed E-state index contributed by atoms with van der Waals surface area (Å²) in [5.41, 5.74) is 0. The zero-order valence-electron chi connectivity index (χ0n) is 34.1. The Balaban J connectivity index is 3.87. The van der Waals surface area contributed by atoms with Gasteiger partial charge in [-0.15, -0.1) is 0 Å². The molecule has 0 radical (unpaired) electrons. The fraction of sp³-hybridized carbons (Fsp3) is 0.978. The lowest BCUT2D eigenvalue weighted by molar-refractivity contribution is -0.150. The predicted molar refractivity (Wildman–Crippen MR) is 217 cm³/mol. The molecule has 1 N–H and O–H groups in total. The Bertz CT molecular complexity index is 610. The highest BCUT2D eigenvalue weighted by Gasteiger charge is 2.14. The van der Waals surface area contributed by atoms with Crippen LogP contribution < -0.4 is 0 Å². The summed E-state index contributed by atoms with van der Waals surface area (Å²) in [6.45, 7) is 10.1. The molecule has 0 aromatic carbocycles. The topological polar surface area (TPSA) is 49.8 Å². The average molecular weight is 694 g/mol. The van der Waals surface area contributed by atoms with Crippen molar-refractivity contribution in [3.8, 4) is 0 Å². The number of aliphatic hydroxyl groups excluding tert-OH is 1. The molecule has 4 nitrogen and oxygen atoms in total. The third kappa shape index (κ3) is 38.5. The molecule has 0 fully saturated rings. The van der Waals surface area contributed by atoms with Crippen LogP contribution >= 0.6 is 0 Å². The maximum absolute atomic E-state index is 12.7. The Kier molecular flexibility index (Phi) is 41.3. The van der Waals surface area contributed by atoms with Crippen molar-refractivity contribution in [3.63, 3.8) is 0 Å². The molecule has 0 aliphatic carbocycles. The van der Waals surface area contributed by atoms with Crippen LogP contribution in [0.2, 0.25) is 0 Å². The van der Waals surface area contributed by atoms with E-state index in [4.69, 9.17) is 4.74 Å². The molecule has 0 aromatic rings. The van der Waals surface area contributed by atoms with E-state index in [2.05, 4.69) is 25.7 Å². The van der Waals surface area contributed by atoms with Gasteiger partial charge in [0.2, 0.25) is 0 Å². The van der Waals surface area contributed by atoms with Gasteiger partial charge < -0.3 is 14.7 Å². The number of rotatable bonds is 42. The second kappa shape index (κ2) is 41.8. The normalized spacial score (nSPS) is 11.7. The van der Waals surface area contributed by atoms with Gasteiger partial charge in [-0.1, -0.05) is 201 Å². The largest absolute Gasteiger partial charge is 0.462 e. The van der Waals surface area contributed by atoms with Crippen LogP contribution in [0, 0.1) is 0 Å². The van der Waals surface area contributed by atoms with Gasteiger partial charge in [-0.3, -0.25) is 4.79 Å². The number of carbonyl (C=O) groups excluding carboxylic acids is 1.